The summed E-state index contributed by atoms with van der Waals surface area (Å²) in [6.45, 7) is 5.06. The monoisotopic (exact) mass is 354 g/mol. The highest BCUT2D eigenvalue weighted by Gasteiger charge is 2.23. The number of carbonyl (C=O) groups is 2. The Balaban J connectivity index is 2.72. The summed E-state index contributed by atoms with van der Waals surface area (Å²) in [4.78, 5) is 37.7. The third kappa shape index (κ3) is 7.82. The molecule has 1 amide bonds. The minimum Gasteiger partial charge on any atom is -0.460 e. The third-order valence-electron chi connectivity index (χ3n) is 2.55. The van der Waals surface area contributed by atoms with Crippen LogP contribution in [0.3, 0.4) is 0 Å². The predicted octanol–water partition coefficient (Wildman–Crippen LogP) is 3.83. The van der Waals surface area contributed by atoms with Crippen LogP contribution in [0.15, 0.2) is 40.5 Å². The Kier molecular flexibility index (Phi) is 7.51. The average Bonchev–Trinajstić information content (AvgIpc) is 2.50. The Morgan fingerprint density at radius 3 is 2.38 bits per heavy atom. The zero-order valence-electron chi connectivity index (χ0n) is 13.7. The van der Waals surface area contributed by atoms with Crippen molar-refractivity contribution in [3.05, 3.63) is 40.8 Å². The van der Waals surface area contributed by atoms with Gasteiger partial charge in [-0.15, -0.1) is 4.91 Å². The fourth-order valence-corrected chi connectivity index (χ4v) is 1.76. The van der Waals surface area contributed by atoms with Gasteiger partial charge in [0.15, 0.2) is 0 Å². The first-order valence-corrected chi connectivity index (χ1v) is 7.61. The van der Waals surface area contributed by atoms with Crippen LogP contribution < -0.4 is 0 Å². The molecule has 0 radical (unpaired) electrons. The largest absolute Gasteiger partial charge is 0.460 e. The summed E-state index contributed by atoms with van der Waals surface area (Å²) in [5.74, 6) is -0.675. The highest BCUT2D eigenvalue weighted by atomic mass is 35.5. The molecule has 7 nitrogen and oxygen atoms in total. The number of halogens is 1. The zero-order chi connectivity index (χ0) is 18.2. The fourth-order valence-electron chi connectivity index (χ4n) is 1.63. The summed E-state index contributed by atoms with van der Waals surface area (Å²) < 4.78 is 10.1. The lowest BCUT2D eigenvalue weighted by Gasteiger charge is -2.19. The SMILES string of the molecule is CC(C)(C)OC(=O)CC(=NC(=O)OCc1ccccc1)C(Cl)N=O. The van der Waals surface area contributed by atoms with Crippen LogP contribution >= 0.6 is 11.6 Å². The van der Waals surface area contributed by atoms with E-state index < -0.39 is 29.6 Å². The Labute approximate surface area is 145 Å². The van der Waals surface area contributed by atoms with E-state index in [1.54, 1.807) is 45.0 Å². The molecule has 0 spiro atoms. The lowest BCUT2D eigenvalue weighted by atomic mass is 10.2. The van der Waals surface area contributed by atoms with Crippen LogP contribution in [-0.2, 0) is 20.9 Å². The molecule has 1 atom stereocenters. The minimum absolute atomic E-state index is 0.00433. The molecule has 0 N–H and O–H groups in total. The topological polar surface area (TPSA) is 94.4 Å². The van der Waals surface area contributed by atoms with E-state index in [9.17, 15) is 14.5 Å². The van der Waals surface area contributed by atoms with Crippen LogP contribution in [-0.4, -0.2) is 28.9 Å². The molecule has 130 valence electrons. The first kappa shape index (κ1) is 19.8. The number of nitroso groups, excluding NO2 is 1. The van der Waals surface area contributed by atoms with Crippen molar-refractivity contribution in [3.8, 4) is 0 Å². The van der Waals surface area contributed by atoms with E-state index in [1.165, 1.54) is 0 Å². The lowest BCUT2D eigenvalue weighted by molar-refractivity contribution is -0.153. The molecule has 0 heterocycles. The molecule has 0 aromatic heterocycles. The van der Waals surface area contributed by atoms with Crippen molar-refractivity contribution in [1.29, 1.82) is 0 Å². The molecule has 0 aliphatic heterocycles. The van der Waals surface area contributed by atoms with E-state index in [2.05, 4.69) is 10.2 Å². The number of nitrogens with zero attached hydrogens (tertiary/aromatic N) is 2. The van der Waals surface area contributed by atoms with Gasteiger partial charge in [0.2, 0.25) is 5.50 Å². The molecule has 1 rings (SSSR count). The molecule has 0 aliphatic rings. The van der Waals surface area contributed by atoms with Crippen molar-refractivity contribution >= 4 is 29.4 Å². The van der Waals surface area contributed by atoms with Gasteiger partial charge in [0, 0.05) is 0 Å². The van der Waals surface area contributed by atoms with E-state index in [4.69, 9.17) is 21.1 Å². The second-order valence-electron chi connectivity index (χ2n) is 5.85. The maximum absolute atomic E-state index is 11.8. The second kappa shape index (κ2) is 9.12. The third-order valence-corrected chi connectivity index (χ3v) is 2.88. The molecule has 24 heavy (non-hydrogen) atoms. The first-order chi connectivity index (χ1) is 11.2. The van der Waals surface area contributed by atoms with E-state index in [0.717, 1.165) is 5.56 Å². The number of ether oxygens (including phenoxy) is 2. The Hall–Kier alpha value is -2.28. The number of benzene rings is 1. The minimum atomic E-state index is -1.46. The van der Waals surface area contributed by atoms with Gasteiger partial charge in [-0.2, -0.15) is 4.99 Å². The van der Waals surface area contributed by atoms with Crippen molar-refractivity contribution in [2.24, 2.45) is 10.2 Å². The lowest BCUT2D eigenvalue weighted by Crippen LogP contribution is -2.27. The van der Waals surface area contributed by atoms with Gasteiger partial charge in [-0.25, -0.2) is 4.79 Å². The number of amides is 1. The van der Waals surface area contributed by atoms with Crippen LogP contribution in [0.5, 0.6) is 0 Å². The van der Waals surface area contributed by atoms with Crippen LogP contribution in [0.2, 0.25) is 0 Å². The van der Waals surface area contributed by atoms with Crippen LogP contribution in [0.4, 0.5) is 4.79 Å². The van der Waals surface area contributed by atoms with Gasteiger partial charge in [-0.1, -0.05) is 41.9 Å². The second-order valence-corrected chi connectivity index (χ2v) is 6.26. The number of aliphatic imine (C=N–C) groups is 1. The standard InChI is InChI=1S/C16H19ClN2O5/c1-16(2,3)24-13(20)9-12(14(17)19-22)18-15(21)23-10-11-7-5-4-6-8-11/h4-8,14H,9-10H2,1-3H3. The molecule has 1 aromatic rings. The summed E-state index contributed by atoms with van der Waals surface area (Å²) in [7, 11) is 0. The molecule has 1 unspecified atom stereocenters. The van der Waals surface area contributed by atoms with Crippen LogP contribution in [0.25, 0.3) is 0 Å². The molecule has 8 heteroatoms. The summed E-state index contributed by atoms with van der Waals surface area (Å²) in [5.41, 5.74) is -1.63. The average molecular weight is 355 g/mol. The van der Waals surface area contributed by atoms with Gasteiger partial charge in [0.1, 0.15) is 12.2 Å². The molecule has 1 aromatic carbocycles. The number of esters is 1. The maximum Gasteiger partial charge on any atom is 0.433 e. The molecule has 0 aliphatic carbocycles. The fraction of sp³-hybridized carbons (Fsp3) is 0.438. The number of rotatable bonds is 6. The first-order valence-electron chi connectivity index (χ1n) is 7.18. The molecule has 0 bridgehead atoms. The highest BCUT2D eigenvalue weighted by Crippen LogP contribution is 2.12. The van der Waals surface area contributed by atoms with E-state index in [-0.39, 0.29) is 12.3 Å². The molecular weight excluding hydrogens is 336 g/mol. The van der Waals surface area contributed by atoms with Crippen LogP contribution in [0, 0.1) is 4.91 Å². The molecular formula is C16H19ClN2O5. The number of hydrogen-bond donors (Lipinski definition) is 0. The van der Waals surface area contributed by atoms with Gasteiger partial charge in [-0.3, -0.25) is 4.79 Å². The zero-order valence-corrected chi connectivity index (χ0v) is 14.4. The molecule has 0 fully saturated rings. The maximum atomic E-state index is 11.8. The van der Waals surface area contributed by atoms with Gasteiger partial charge < -0.3 is 9.47 Å². The normalized spacial score (nSPS) is 13.1. The number of carbonyl (C=O) groups excluding carboxylic acids is 2. The summed E-state index contributed by atoms with van der Waals surface area (Å²) >= 11 is 5.68. The number of hydrogen-bond acceptors (Lipinski definition) is 6. The Morgan fingerprint density at radius 1 is 1.21 bits per heavy atom. The van der Waals surface area contributed by atoms with E-state index in [1.807, 2.05) is 6.07 Å². The smallest absolute Gasteiger partial charge is 0.433 e. The van der Waals surface area contributed by atoms with Crippen molar-refractivity contribution in [2.75, 3.05) is 0 Å². The molecule has 0 saturated heterocycles. The number of alkyl halides is 1. The van der Waals surface area contributed by atoms with Crippen LogP contribution in [0.1, 0.15) is 32.8 Å². The van der Waals surface area contributed by atoms with Gasteiger partial charge in [0.05, 0.1) is 12.1 Å². The van der Waals surface area contributed by atoms with Crippen molar-refractivity contribution < 1.29 is 19.1 Å². The van der Waals surface area contributed by atoms with Gasteiger partial charge >= 0.3 is 12.1 Å². The molecule has 0 saturated carbocycles. The summed E-state index contributed by atoms with van der Waals surface area (Å²) in [6.07, 6.45) is -1.40. The Bertz CT molecular complexity index is 611. The summed E-state index contributed by atoms with van der Waals surface area (Å²) in [5, 5.41) is 2.58. The van der Waals surface area contributed by atoms with Crippen molar-refractivity contribution in [1.82, 2.24) is 0 Å². The van der Waals surface area contributed by atoms with Gasteiger partial charge in [0.25, 0.3) is 0 Å². The van der Waals surface area contributed by atoms with Crippen molar-refractivity contribution in [3.63, 3.8) is 0 Å². The highest BCUT2D eigenvalue weighted by molar-refractivity contribution is 6.33. The van der Waals surface area contributed by atoms with E-state index in [0.29, 0.717) is 0 Å². The predicted molar refractivity (Wildman–Crippen MR) is 90.0 cm³/mol. The quantitative estimate of drug-likeness (QED) is 0.254. The Morgan fingerprint density at radius 2 is 1.83 bits per heavy atom. The van der Waals surface area contributed by atoms with Gasteiger partial charge in [-0.05, 0) is 31.5 Å². The summed E-state index contributed by atoms with van der Waals surface area (Å²) in [6, 6.07) is 8.97. The van der Waals surface area contributed by atoms with E-state index >= 15 is 0 Å². The van der Waals surface area contributed by atoms with Crippen molar-refractivity contribution in [2.45, 2.75) is 44.9 Å².